The molecule has 102 valence electrons. The first kappa shape index (κ1) is 13.3. The number of carbonyl (C=O) groups excluding carboxylic acids is 1. The van der Waals surface area contributed by atoms with Gasteiger partial charge >= 0.3 is 5.97 Å². The van der Waals surface area contributed by atoms with Crippen LogP contribution in [0.1, 0.15) is 12.8 Å². The molecule has 0 aromatic rings. The van der Waals surface area contributed by atoms with E-state index in [0.717, 1.165) is 6.42 Å². The Balaban J connectivity index is 2.00. The Hall–Kier alpha value is -1.18. The highest BCUT2D eigenvalue weighted by atomic mass is 16.5. The highest BCUT2D eigenvalue weighted by Gasteiger charge is 2.39. The minimum atomic E-state index is -1.04. The van der Waals surface area contributed by atoms with E-state index in [1.165, 1.54) is 4.90 Å². The van der Waals surface area contributed by atoms with E-state index in [2.05, 4.69) is 0 Å². The van der Waals surface area contributed by atoms with E-state index in [1.54, 1.807) is 0 Å². The van der Waals surface area contributed by atoms with Crippen molar-refractivity contribution in [3.05, 3.63) is 0 Å². The Morgan fingerprint density at radius 1 is 1.39 bits per heavy atom. The van der Waals surface area contributed by atoms with Crippen molar-refractivity contribution in [2.75, 3.05) is 26.3 Å². The molecule has 1 amide bonds. The monoisotopic (exact) mass is 258 g/mol. The summed E-state index contributed by atoms with van der Waals surface area (Å²) < 4.78 is 10.6. The molecule has 2 aliphatic rings. The van der Waals surface area contributed by atoms with Gasteiger partial charge in [0.2, 0.25) is 0 Å². The molecule has 0 spiro atoms. The first-order chi connectivity index (χ1) is 8.63. The number of hydrogen-bond donors (Lipinski definition) is 2. The van der Waals surface area contributed by atoms with Crippen LogP contribution in [0.4, 0.5) is 0 Å². The van der Waals surface area contributed by atoms with Crippen molar-refractivity contribution in [2.45, 2.75) is 31.1 Å². The lowest BCUT2D eigenvalue weighted by Crippen LogP contribution is -2.55. The van der Waals surface area contributed by atoms with Crippen molar-refractivity contribution in [1.29, 1.82) is 0 Å². The van der Waals surface area contributed by atoms with Crippen molar-refractivity contribution in [3.63, 3.8) is 0 Å². The molecule has 3 atom stereocenters. The van der Waals surface area contributed by atoms with E-state index < -0.39 is 18.1 Å². The third kappa shape index (κ3) is 2.63. The number of carboxylic acids is 1. The molecule has 7 nitrogen and oxygen atoms in total. The Morgan fingerprint density at radius 3 is 2.78 bits per heavy atom. The number of nitrogens with zero attached hydrogens (tertiary/aromatic N) is 1. The fraction of sp³-hybridized carbons (Fsp3) is 0.818. The van der Waals surface area contributed by atoms with Crippen molar-refractivity contribution in [1.82, 2.24) is 4.90 Å². The van der Waals surface area contributed by atoms with Gasteiger partial charge in [-0.25, -0.2) is 4.79 Å². The number of hydrogen-bond acceptors (Lipinski definition) is 5. The largest absolute Gasteiger partial charge is 0.480 e. The van der Waals surface area contributed by atoms with Gasteiger partial charge in [0.25, 0.3) is 5.91 Å². The minimum Gasteiger partial charge on any atom is -0.480 e. The average molecular weight is 258 g/mol. The smallest absolute Gasteiger partial charge is 0.328 e. The molecule has 2 aliphatic heterocycles. The molecule has 0 aromatic heterocycles. The number of morpholine rings is 1. The van der Waals surface area contributed by atoms with Crippen LogP contribution in [-0.2, 0) is 19.1 Å². The topological polar surface area (TPSA) is 102 Å². The van der Waals surface area contributed by atoms with Gasteiger partial charge in [0.1, 0.15) is 6.10 Å². The molecule has 0 bridgehead atoms. The normalized spacial score (nSPS) is 32.5. The number of ether oxygens (including phenoxy) is 2. The number of nitrogens with two attached hydrogens (primary N) is 1. The fourth-order valence-corrected chi connectivity index (χ4v) is 2.32. The van der Waals surface area contributed by atoms with Gasteiger partial charge in [0.05, 0.1) is 19.3 Å². The van der Waals surface area contributed by atoms with Crippen LogP contribution in [-0.4, -0.2) is 66.4 Å². The zero-order valence-electron chi connectivity index (χ0n) is 10.1. The molecule has 0 aromatic carbocycles. The van der Waals surface area contributed by atoms with E-state index in [-0.39, 0.29) is 18.6 Å². The molecule has 18 heavy (non-hydrogen) atoms. The maximum absolute atomic E-state index is 12.2. The third-order valence-electron chi connectivity index (χ3n) is 3.34. The molecule has 2 saturated heterocycles. The summed E-state index contributed by atoms with van der Waals surface area (Å²) >= 11 is 0. The van der Waals surface area contributed by atoms with E-state index in [4.69, 9.17) is 20.3 Å². The average Bonchev–Trinajstić information content (AvgIpc) is 2.86. The highest BCUT2D eigenvalue weighted by Crippen LogP contribution is 2.22. The predicted octanol–water partition coefficient (Wildman–Crippen LogP) is -1.20. The number of amides is 1. The quantitative estimate of drug-likeness (QED) is 0.659. The minimum absolute atomic E-state index is 0.0358. The van der Waals surface area contributed by atoms with Gasteiger partial charge in [-0.3, -0.25) is 4.79 Å². The summed E-state index contributed by atoms with van der Waals surface area (Å²) in [6, 6.07) is -0.910. The lowest BCUT2D eigenvalue weighted by atomic mass is 10.1. The summed E-state index contributed by atoms with van der Waals surface area (Å²) in [6.45, 7) is 1.08. The molecular formula is C11H18N2O5. The van der Waals surface area contributed by atoms with Crippen LogP contribution in [0.2, 0.25) is 0 Å². The van der Waals surface area contributed by atoms with Crippen LogP contribution >= 0.6 is 0 Å². The van der Waals surface area contributed by atoms with Crippen molar-refractivity contribution >= 4 is 11.9 Å². The number of carboxylic acid groups (broad SMARTS) is 1. The second-order valence-corrected chi connectivity index (χ2v) is 4.52. The second kappa shape index (κ2) is 5.64. The Morgan fingerprint density at radius 2 is 2.17 bits per heavy atom. The standard InChI is InChI=1S/C11H18N2O5/c12-5-7-1-2-9(18-7)10(14)13-3-4-17-6-8(13)11(15)16/h7-9H,1-6,12H2,(H,15,16). The molecule has 0 saturated carbocycles. The third-order valence-corrected chi connectivity index (χ3v) is 3.34. The van der Waals surface area contributed by atoms with Crippen LogP contribution in [0, 0.1) is 0 Å². The summed E-state index contributed by atoms with van der Waals surface area (Å²) in [4.78, 5) is 24.6. The first-order valence-electron chi connectivity index (χ1n) is 6.10. The van der Waals surface area contributed by atoms with Gasteiger partial charge in [-0.15, -0.1) is 0 Å². The molecule has 3 unspecified atom stereocenters. The van der Waals surface area contributed by atoms with Crippen molar-refractivity contribution in [3.8, 4) is 0 Å². The lowest BCUT2D eigenvalue weighted by molar-refractivity contribution is -0.163. The summed E-state index contributed by atoms with van der Waals surface area (Å²) in [5, 5.41) is 9.06. The first-order valence-corrected chi connectivity index (χ1v) is 6.10. The second-order valence-electron chi connectivity index (χ2n) is 4.52. The molecule has 0 radical (unpaired) electrons. The Bertz CT molecular complexity index is 335. The SMILES string of the molecule is NCC1CCC(C(=O)N2CCOCC2C(=O)O)O1. The molecule has 7 heteroatoms. The van der Waals surface area contributed by atoms with Crippen LogP contribution in [0.3, 0.4) is 0 Å². The summed E-state index contributed by atoms with van der Waals surface area (Å²) in [5.41, 5.74) is 5.49. The lowest BCUT2D eigenvalue weighted by Gasteiger charge is -2.34. The maximum Gasteiger partial charge on any atom is 0.328 e. The Kier molecular flexibility index (Phi) is 4.15. The van der Waals surface area contributed by atoms with Gasteiger partial charge in [0.15, 0.2) is 6.04 Å². The summed E-state index contributed by atoms with van der Waals surface area (Å²) in [7, 11) is 0. The number of carbonyl (C=O) groups is 2. The van der Waals surface area contributed by atoms with Crippen LogP contribution in [0.25, 0.3) is 0 Å². The van der Waals surface area contributed by atoms with E-state index in [9.17, 15) is 9.59 Å². The van der Waals surface area contributed by atoms with Gasteiger partial charge in [-0.2, -0.15) is 0 Å². The number of rotatable bonds is 3. The van der Waals surface area contributed by atoms with Gasteiger partial charge in [-0.1, -0.05) is 0 Å². The molecular weight excluding hydrogens is 240 g/mol. The molecule has 3 N–H and O–H groups in total. The van der Waals surface area contributed by atoms with Gasteiger partial charge in [-0.05, 0) is 12.8 Å². The van der Waals surface area contributed by atoms with Crippen LogP contribution < -0.4 is 5.73 Å². The zero-order valence-corrected chi connectivity index (χ0v) is 10.1. The molecule has 2 rings (SSSR count). The summed E-state index contributed by atoms with van der Waals surface area (Å²) in [5.74, 6) is -1.31. The van der Waals surface area contributed by atoms with Crippen molar-refractivity contribution < 1.29 is 24.2 Å². The molecule has 2 fully saturated rings. The van der Waals surface area contributed by atoms with Crippen molar-refractivity contribution in [2.24, 2.45) is 5.73 Å². The van der Waals surface area contributed by atoms with Crippen LogP contribution in [0.5, 0.6) is 0 Å². The molecule has 0 aliphatic carbocycles. The van der Waals surface area contributed by atoms with E-state index in [1.807, 2.05) is 0 Å². The number of aliphatic carboxylic acids is 1. The summed E-state index contributed by atoms with van der Waals surface area (Å²) in [6.07, 6.45) is 0.695. The van der Waals surface area contributed by atoms with Gasteiger partial charge in [0, 0.05) is 13.1 Å². The highest BCUT2D eigenvalue weighted by molar-refractivity contribution is 5.86. The van der Waals surface area contributed by atoms with Gasteiger partial charge < -0.3 is 25.2 Å². The fourth-order valence-electron chi connectivity index (χ4n) is 2.32. The maximum atomic E-state index is 12.2. The zero-order chi connectivity index (χ0) is 13.1. The van der Waals surface area contributed by atoms with Crippen LogP contribution in [0.15, 0.2) is 0 Å². The van der Waals surface area contributed by atoms with E-state index >= 15 is 0 Å². The Labute approximate surface area is 105 Å². The molecule has 2 heterocycles. The van der Waals surface area contributed by atoms with E-state index in [0.29, 0.717) is 26.1 Å². The predicted molar refractivity (Wildman–Crippen MR) is 60.9 cm³/mol.